The monoisotopic (exact) mass is 497 g/mol. The van der Waals surface area contributed by atoms with Crippen LogP contribution in [0.5, 0.6) is 11.5 Å². The third-order valence-corrected chi connectivity index (χ3v) is 6.71. The number of aromatic nitrogens is 3. The molecule has 5 rings (SSSR count). The van der Waals surface area contributed by atoms with Crippen LogP contribution < -0.4 is 9.47 Å². The van der Waals surface area contributed by atoms with Crippen LogP contribution in [0.1, 0.15) is 40.3 Å². The molecule has 0 saturated carbocycles. The largest absolute Gasteiger partial charge is 0.496 e. The molecule has 5 aromatic rings. The average Bonchev–Trinajstić information content (AvgIpc) is 3.46. The number of rotatable bonds is 7. The van der Waals surface area contributed by atoms with Gasteiger partial charge < -0.3 is 23.7 Å². The van der Waals surface area contributed by atoms with Crippen molar-refractivity contribution in [3.05, 3.63) is 83.5 Å². The Morgan fingerprint density at radius 3 is 2.27 bits per heavy atom. The molecule has 0 radical (unpaired) electrons. The van der Waals surface area contributed by atoms with Crippen molar-refractivity contribution in [2.24, 2.45) is 0 Å². The quantitative estimate of drug-likeness (QED) is 0.282. The van der Waals surface area contributed by atoms with Crippen LogP contribution in [0.4, 0.5) is 0 Å². The van der Waals surface area contributed by atoms with Gasteiger partial charge in [0.25, 0.3) is 0 Å². The summed E-state index contributed by atoms with van der Waals surface area (Å²) in [5, 5.41) is 13.7. The van der Waals surface area contributed by atoms with Crippen molar-refractivity contribution in [3.63, 3.8) is 0 Å². The van der Waals surface area contributed by atoms with Crippen LogP contribution in [-0.2, 0) is 0 Å². The predicted octanol–water partition coefficient (Wildman–Crippen LogP) is 6.30. The summed E-state index contributed by atoms with van der Waals surface area (Å²) in [6.07, 6.45) is 3.83. The Bertz CT molecular complexity index is 1570. The van der Waals surface area contributed by atoms with Crippen LogP contribution in [0.2, 0.25) is 0 Å². The molecule has 8 nitrogen and oxygen atoms in total. The molecule has 2 aromatic carbocycles. The van der Waals surface area contributed by atoms with Gasteiger partial charge in [-0.3, -0.25) is 4.98 Å². The highest BCUT2D eigenvalue weighted by atomic mass is 16.5. The van der Waals surface area contributed by atoms with Gasteiger partial charge in [-0.1, -0.05) is 35.5 Å². The number of ether oxygens (including phenoxy) is 2. The molecule has 8 heteroatoms. The van der Waals surface area contributed by atoms with E-state index in [9.17, 15) is 9.90 Å². The second kappa shape index (κ2) is 9.46. The second-order valence-electron chi connectivity index (χ2n) is 8.89. The number of pyridine rings is 1. The molecule has 0 amide bonds. The third kappa shape index (κ3) is 4.10. The zero-order chi connectivity index (χ0) is 26.3. The lowest BCUT2D eigenvalue weighted by Crippen LogP contribution is -2.05. The van der Waals surface area contributed by atoms with Crippen molar-refractivity contribution in [2.75, 3.05) is 14.2 Å². The molecule has 3 heterocycles. The van der Waals surface area contributed by atoms with Gasteiger partial charge in [0.15, 0.2) is 0 Å². The van der Waals surface area contributed by atoms with Gasteiger partial charge in [-0.05, 0) is 44.5 Å². The Morgan fingerprint density at radius 2 is 1.70 bits per heavy atom. The summed E-state index contributed by atoms with van der Waals surface area (Å²) in [7, 11) is 3.03. The number of carbonyl (C=O) groups is 1. The van der Waals surface area contributed by atoms with E-state index in [0.29, 0.717) is 17.1 Å². The Hall–Kier alpha value is -4.59. The maximum Gasteiger partial charge on any atom is 0.335 e. The number of aromatic carboxylic acids is 1. The zero-order valence-corrected chi connectivity index (χ0v) is 21.3. The highest BCUT2D eigenvalue weighted by molar-refractivity contribution is 6.00. The van der Waals surface area contributed by atoms with Crippen LogP contribution in [0.15, 0.2) is 65.4 Å². The number of aryl methyl sites for hydroxylation is 2. The smallest absolute Gasteiger partial charge is 0.335 e. The molecule has 0 saturated heterocycles. The molecule has 37 heavy (non-hydrogen) atoms. The zero-order valence-electron chi connectivity index (χ0n) is 21.3. The minimum Gasteiger partial charge on any atom is -0.496 e. The Balaban J connectivity index is 1.81. The average molecular weight is 498 g/mol. The summed E-state index contributed by atoms with van der Waals surface area (Å²) in [6, 6.07) is 15.3. The van der Waals surface area contributed by atoms with Crippen LogP contribution in [0.3, 0.4) is 0 Å². The topological polar surface area (TPSA) is 99.6 Å². The molecule has 1 unspecified atom stereocenters. The summed E-state index contributed by atoms with van der Waals surface area (Å²) >= 11 is 0. The van der Waals surface area contributed by atoms with Gasteiger partial charge in [0.05, 0.1) is 48.1 Å². The number of fused-ring (bicyclic) bond motifs is 1. The van der Waals surface area contributed by atoms with Crippen LogP contribution in [0, 0.1) is 13.8 Å². The first kappa shape index (κ1) is 24.1. The molecule has 0 fully saturated rings. The fourth-order valence-corrected chi connectivity index (χ4v) is 4.86. The summed E-state index contributed by atoms with van der Waals surface area (Å²) in [5.41, 5.74) is 6.85. The molecule has 0 bridgehead atoms. The number of methoxy groups -OCH3 is 2. The number of hydrogen-bond donors (Lipinski definition) is 1. The molecule has 188 valence electrons. The Labute approximate surface area is 214 Å². The number of nitrogens with zero attached hydrogens (tertiary/aromatic N) is 3. The van der Waals surface area contributed by atoms with Gasteiger partial charge >= 0.3 is 5.97 Å². The SMILES string of the molecule is COc1cc(C(=O)O)cc(OC)c1-c1cn(C(C)c2ccccc2)c2cc(-c3c(C)noc3C)cnc12. The first-order valence-corrected chi connectivity index (χ1v) is 11.8. The number of benzene rings is 2. The van der Waals surface area contributed by atoms with E-state index in [4.69, 9.17) is 19.0 Å². The van der Waals surface area contributed by atoms with E-state index in [0.717, 1.165) is 44.7 Å². The molecule has 1 N–H and O–H groups in total. The second-order valence-corrected chi connectivity index (χ2v) is 8.89. The third-order valence-electron chi connectivity index (χ3n) is 6.71. The van der Waals surface area contributed by atoms with Crippen LogP contribution in [0.25, 0.3) is 33.3 Å². The Morgan fingerprint density at radius 1 is 1.03 bits per heavy atom. The highest BCUT2D eigenvalue weighted by Crippen LogP contribution is 2.44. The molecular formula is C29H27N3O5. The summed E-state index contributed by atoms with van der Waals surface area (Å²) < 4.78 is 18.9. The lowest BCUT2D eigenvalue weighted by atomic mass is 10.0. The lowest BCUT2D eigenvalue weighted by Gasteiger charge is -2.16. The van der Waals surface area contributed by atoms with Crippen LogP contribution in [-0.4, -0.2) is 40.0 Å². The van der Waals surface area contributed by atoms with E-state index in [-0.39, 0.29) is 11.6 Å². The van der Waals surface area contributed by atoms with E-state index in [1.807, 2.05) is 38.2 Å². The predicted molar refractivity (Wildman–Crippen MR) is 140 cm³/mol. The molecule has 3 aromatic heterocycles. The molecule has 1 atom stereocenters. The van der Waals surface area contributed by atoms with E-state index in [1.54, 1.807) is 6.20 Å². The first-order chi connectivity index (χ1) is 17.8. The van der Waals surface area contributed by atoms with Crippen molar-refractivity contribution in [3.8, 4) is 33.8 Å². The first-order valence-electron chi connectivity index (χ1n) is 11.8. The molecule has 0 aliphatic carbocycles. The molecule has 0 spiro atoms. The molecule has 0 aliphatic rings. The standard InChI is InChI=1S/C29H27N3O5/c1-16-26(18(3)37-31-16)21-11-23-28(30-14-21)22(15-32(23)17(2)19-9-7-6-8-10-19)27-24(35-4)12-20(29(33)34)13-25(27)36-5/h6-15,17H,1-5H3,(H,33,34). The summed E-state index contributed by atoms with van der Waals surface area (Å²) in [5.74, 6) is 0.436. The maximum absolute atomic E-state index is 11.7. The number of hydrogen-bond acceptors (Lipinski definition) is 6. The van der Waals surface area contributed by atoms with Gasteiger partial charge in [0, 0.05) is 29.1 Å². The van der Waals surface area contributed by atoms with Crippen molar-refractivity contribution in [2.45, 2.75) is 26.8 Å². The van der Waals surface area contributed by atoms with E-state index >= 15 is 0 Å². The van der Waals surface area contributed by atoms with Gasteiger partial charge in [-0.2, -0.15) is 0 Å². The van der Waals surface area contributed by atoms with E-state index < -0.39 is 5.97 Å². The van der Waals surface area contributed by atoms with Gasteiger partial charge in [0.1, 0.15) is 17.3 Å². The van der Waals surface area contributed by atoms with E-state index in [2.05, 4.69) is 34.8 Å². The molecular weight excluding hydrogens is 470 g/mol. The molecule has 0 aliphatic heterocycles. The summed E-state index contributed by atoms with van der Waals surface area (Å²) in [4.78, 5) is 16.6. The fourth-order valence-electron chi connectivity index (χ4n) is 4.86. The maximum atomic E-state index is 11.7. The van der Waals surface area contributed by atoms with Crippen LogP contribution >= 0.6 is 0 Å². The highest BCUT2D eigenvalue weighted by Gasteiger charge is 2.25. The lowest BCUT2D eigenvalue weighted by molar-refractivity contribution is 0.0696. The normalized spacial score (nSPS) is 12.0. The van der Waals surface area contributed by atoms with Crippen molar-refractivity contribution in [1.29, 1.82) is 0 Å². The van der Waals surface area contributed by atoms with Crippen molar-refractivity contribution in [1.82, 2.24) is 14.7 Å². The minimum atomic E-state index is -1.06. The van der Waals surface area contributed by atoms with Gasteiger partial charge in [0.2, 0.25) is 0 Å². The Kier molecular flexibility index (Phi) is 6.17. The van der Waals surface area contributed by atoms with Gasteiger partial charge in [-0.15, -0.1) is 0 Å². The van der Waals surface area contributed by atoms with Crippen molar-refractivity contribution < 1.29 is 23.9 Å². The minimum absolute atomic E-state index is 0.0190. The van der Waals surface area contributed by atoms with E-state index in [1.165, 1.54) is 26.4 Å². The van der Waals surface area contributed by atoms with Crippen molar-refractivity contribution >= 4 is 17.0 Å². The number of carboxylic acid groups (broad SMARTS) is 1. The summed E-state index contributed by atoms with van der Waals surface area (Å²) in [6.45, 7) is 5.92. The fraction of sp³-hybridized carbons (Fsp3) is 0.207. The number of carboxylic acids is 1. The van der Waals surface area contributed by atoms with Gasteiger partial charge in [-0.25, -0.2) is 4.79 Å².